The van der Waals surface area contributed by atoms with Gasteiger partial charge in [-0.2, -0.15) is 0 Å². The Morgan fingerprint density at radius 1 is 0.903 bits per heavy atom. The lowest BCUT2D eigenvalue weighted by molar-refractivity contribution is -0.119. The van der Waals surface area contributed by atoms with Crippen LogP contribution in [0.25, 0.3) is 0 Å². The molecule has 1 heterocycles. The van der Waals surface area contributed by atoms with Crippen LogP contribution in [0.4, 0.5) is 5.00 Å². The molecule has 0 atom stereocenters. The number of nitrogens with one attached hydrogen (secondary N) is 1. The van der Waals surface area contributed by atoms with Gasteiger partial charge in [-0.05, 0) is 50.6 Å². The highest BCUT2D eigenvalue weighted by Crippen LogP contribution is 2.34. The average molecular weight is 449 g/mol. The number of carbonyl (C=O) groups excluding carboxylic acids is 4. The minimum Gasteiger partial charge on any atom is -0.497 e. The van der Waals surface area contributed by atoms with Crippen LogP contribution >= 0.6 is 11.3 Å². The van der Waals surface area contributed by atoms with E-state index in [4.69, 9.17) is 18.9 Å². The van der Waals surface area contributed by atoms with Crippen LogP contribution in [0.5, 0.6) is 5.75 Å². The van der Waals surface area contributed by atoms with Gasteiger partial charge in [0, 0.05) is 0 Å². The molecule has 9 nitrogen and oxygen atoms in total. The van der Waals surface area contributed by atoms with E-state index in [0.717, 1.165) is 11.3 Å². The Morgan fingerprint density at radius 2 is 1.52 bits per heavy atom. The molecule has 0 radical (unpaired) electrons. The number of amides is 1. The third-order valence-electron chi connectivity index (χ3n) is 4.00. The number of hydrogen-bond acceptors (Lipinski definition) is 9. The molecule has 31 heavy (non-hydrogen) atoms. The Bertz CT molecular complexity index is 965. The van der Waals surface area contributed by atoms with Crippen LogP contribution in [0.15, 0.2) is 24.3 Å². The maximum absolute atomic E-state index is 12.4. The summed E-state index contributed by atoms with van der Waals surface area (Å²) in [5.41, 5.74) is 0.648. The maximum Gasteiger partial charge on any atom is 0.348 e. The third-order valence-corrected chi connectivity index (χ3v) is 5.19. The molecule has 0 bridgehead atoms. The molecule has 0 saturated carbocycles. The first-order valence-electron chi connectivity index (χ1n) is 9.40. The zero-order valence-corrected chi connectivity index (χ0v) is 18.4. The fraction of sp³-hybridized carbons (Fsp3) is 0.333. The van der Waals surface area contributed by atoms with Gasteiger partial charge < -0.3 is 24.3 Å². The largest absolute Gasteiger partial charge is 0.497 e. The van der Waals surface area contributed by atoms with Crippen molar-refractivity contribution in [3.05, 3.63) is 45.8 Å². The molecule has 166 valence electrons. The van der Waals surface area contributed by atoms with E-state index in [2.05, 4.69) is 5.32 Å². The molecule has 0 unspecified atom stereocenters. The van der Waals surface area contributed by atoms with Crippen molar-refractivity contribution in [3.63, 3.8) is 0 Å². The highest BCUT2D eigenvalue weighted by atomic mass is 32.1. The predicted octanol–water partition coefficient (Wildman–Crippen LogP) is 3.21. The SMILES string of the molecule is CCOC(=O)c1sc(NC(=O)COC(=O)c2ccc(OC)cc2)c(C(=O)OCC)c1C. The molecule has 0 aliphatic rings. The molecule has 0 fully saturated rings. The first-order valence-corrected chi connectivity index (χ1v) is 10.2. The van der Waals surface area contributed by atoms with Gasteiger partial charge in [-0.1, -0.05) is 0 Å². The molecule has 0 spiro atoms. The van der Waals surface area contributed by atoms with Crippen molar-refractivity contribution < 1.29 is 38.1 Å². The van der Waals surface area contributed by atoms with E-state index in [1.54, 1.807) is 32.9 Å². The topological polar surface area (TPSA) is 117 Å². The van der Waals surface area contributed by atoms with Crippen molar-refractivity contribution in [1.82, 2.24) is 0 Å². The summed E-state index contributed by atoms with van der Waals surface area (Å²) in [6.45, 7) is 4.56. The van der Waals surface area contributed by atoms with E-state index in [1.165, 1.54) is 19.2 Å². The number of carbonyl (C=O) groups is 4. The molecule has 1 amide bonds. The van der Waals surface area contributed by atoms with Crippen LogP contribution in [0, 0.1) is 6.92 Å². The summed E-state index contributed by atoms with van der Waals surface area (Å²) in [7, 11) is 1.50. The van der Waals surface area contributed by atoms with Gasteiger partial charge >= 0.3 is 17.9 Å². The smallest absolute Gasteiger partial charge is 0.348 e. The quantitative estimate of drug-likeness (QED) is 0.458. The molecular formula is C21H23NO8S. The van der Waals surface area contributed by atoms with E-state index in [-0.39, 0.29) is 34.2 Å². The van der Waals surface area contributed by atoms with Crippen molar-refractivity contribution in [3.8, 4) is 5.75 Å². The summed E-state index contributed by atoms with van der Waals surface area (Å²) in [6.07, 6.45) is 0. The van der Waals surface area contributed by atoms with Gasteiger partial charge in [0.15, 0.2) is 6.61 Å². The Balaban J connectivity index is 2.13. The van der Waals surface area contributed by atoms with Crippen molar-refractivity contribution in [2.75, 3.05) is 32.2 Å². The lowest BCUT2D eigenvalue weighted by atomic mass is 10.1. The second kappa shape index (κ2) is 11.1. The standard InChI is InChI=1S/C21H23NO8S/c1-5-28-20(25)16-12(3)17(21(26)29-6-2)31-18(16)22-15(23)11-30-19(24)13-7-9-14(27-4)10-8-13/h7-10H,5-6,11H2,1-4H3,(H,22,23). The second-order valence-electron chi connectivity index (χ2n) is 6.05. The molecule has 2 aromatic rings. The summed E-state index contributed by atoms with van der Waals surface area (Å²) < 4.78 is 20.1. The Labute approximate surface area is 183 Å². The molecule has 1 N–H and O–H groups in total. The van der Waals surface area contributed by atoms with Crippen molar-refractivity contribution in [2.45, 2.75) is 20.8 Å². The molecule has 2 rings (SSSR count). The predicted molar refractivity (Wildman–Crippen MR) is 113 cm³/mol. The number of methoxy groups -OCH3 is 1. The molecule has 0 aliphatic heterocycles. The molecule has 0 aliphatic carbocycles. The van der Waals surface area contributed by atoms with Crippen LogP contribution < -0.4 is 10.1 Å². The number of rotatable bonds is 9. The first-order chi connectivity index (χ1) is 14.8. The summed E-state index contributed by atoms with van der Waals surface area (Å²) >= 11 is 0.890. The molecule has 0 saturated heterocycles. The summed E-state index contributed by atoms with van der Waals surface area (Å²) in [6, 6.07) is 6.19. The Kier molecular flexibility index (Phi) is 8.56. The number of thiophene rings is 1. The van der Waals surface area contributed by atoms with Crippen LogP contribution in [0.1, 0.15) is 49.8 Å². The zero-order chi connectivity index (χ0) is 23.0. The highest BCUT2D eigenvalue weighted by molar-refractivity contribution is 7.18. The van der Waals surface area contributed by atoms with Crippen LogP contribution in [0.3, 0.4) is 0 Å². The highest BCUT2D eigenvalue weighted by Gasteiger charge is 2.27. The van der Waals surface area contributed by atoms with E-state index < -0.39 is 30.4 Å². The first kappa shape index (κ1) is 23.9. The second-order valence-corrected chi connectivity index (χ2v) is 7.07. The van der Waals surface area contributed by atoms with Crippen molar-refractivity contribution in [2.24, 2.45) is 0 Å². The number of ether oxygens (including phenoxy) is 4. The van der Waals surface area contributed by atoms with Gasteiger partial charge in [0.1, 0.15) is 15.6 Å². The van der Waals surface area contributed by atoms with Crippen molar-refractivity contribution in [1.29, 1.82) is 0 Å². The molecule has 1 aromatic heterocycles. The van der Waals surface area contributed by atoms with Gasteiger partial charge in [-0.15, -0.1) is 11.3 Å². The fourth-order valence-corrected chi connectivity index (χ4v) is 3.65. The average Bonchev–Trinajstić information content (AvgIpc) is 3.08. The zero-order valence-electron chi connectivity index (χ0n) is 17.6. The van der Waals surface area contributed by atoms with E-state index in [9.17, 15) is 19.2 Å². The molecule has 10 heteroatoms. The lowest BCUT2D eigenvalue weighted by Gasteiger charge is -2.08. The van der Waals surface area contributed by atoms with Gasteiger partial charge in [-0.25, -0.2) is 14.4 Å². The summed E-state index contributed by atoms with van der Waals surface area (Å²) in [5, 5.41) is 2.62. The monoisotopic (exact) mass is 449 g/mol. The van der Waals surface area contributed by atoms with Crippen molar-refractivity contribution >= 4 is 40.2 Å². The Hall–Kier alpha value is -3.40. The van der Waals surface area contributed by atoms with E-state index in [1.807, 2.05) is 0 Å². The van der Waals surface area contributed by atoms with Crippen LogP contribution in [-0.4, -0.2) is 50.7 Å². The van der Waals surface area contributed by atoms with Crippen LogP contribution in [0.2, 0.25) is 0 Å². The number of benzene rings is 1. The number of esters is 3. The van der Waals surface area contributed by atoms with E-state index in [0.29, 0.717) is 11.3 Å². The number of hydrogen-bond donors (Lipinski definition) is 1. The van der Waals surface area contributed by atoms with Crippen LogP contribution in [-0.2, 0) is 19.0 Å². The van der Waals surface area contributed by atoms with E-state index >= 15 is 0 Å². The minimum absolute atomic E-state index is 0.0599. The fourth-order valence-electron chi connectivity index (χ4n) is 2.55. The summed E-state index contributed by atoms with van der Waals surface area (Å²) in [4.78, 5) is 49.1. The van der Waals surface area contributed by atoms with Gasteiger partial charge in [0.05, 0.1) is 31.5 Å². The normalized spacial score (nSPS) is 10.2. The third kappa shape index (κ3) is 6.05. The van der Waals surface area contributed by atoms with Gasteiger partial charge in [0.25, 0.3) is 5.91 Å². The minimum atomic E-state index is -0.696. The Morgan fingerprint density at radius 3 is 2.10 bits per heavy atom. The maximum atomic E-state index is 12.4. The van der Waals surface area contributed by atoms with Gasteiger partial charge in [-0.3, -0.25) is 4.79 Å². The molecular weight excluding hydrogens is 426 g/mol. The lowest BCUT2D eigenvalue weighted by Crippen LogP contribution is -2.21. The molecule has 1 aromatic carbocycles. The number of anilines is 1. The summed E-state index contributed by atoms with van der Waals surface area (Å²) in [5.74, 6) is -2.09. The van der Waals surface area contributed by atoms with Gasteiger partial charge in [0.2, 0.25) is 0 Å².